The van der Waals surface area contributed by atoms with E-state index in [4.69, 9.17) is 5.11 Å². The zero-order valence-electron chi connectivity index (χ0n) is 11.5. The first-order valence-corrected chi connectivity index (χ1v) is 6.76. The molecule has 0 bridgehead atoms. The lowest BCUT2D eigenvalue weighted by molar-refractivity contribution is 0.0683. The molecule has 0 atom stereocenters. The number of rotatable bonds is 2. The minimum Gasteiger partial charge on any atom is -0.475 e. The van der Waals surface area contributed by atoms with Crippen molar-refractivity contribution in [2.75, 3.05) is 0 Å². The van der Waals surface area contributed by atoms with E-state index in [0.29, 0.717) is 0 Å². The van der Waals surface area contributed by atoms with Crippen molar-refractivity contribution in [1.29, 1.82) is 0 Å². The van der Waals surface area contributed by atoms with Gasteiger partial charge in [0.2, 0.25) is 0 Å². The molecule has 5 nitrogen and oxygen atoms in total. The van der Waals surface area contributed by atoms with Gasteiger partial charge in [0.15, 0.2) is 0 Å². The van der Waals surface area contributed by atoms with Gasteiger partial charge in [-0.3, -0.25) is 0 Å². The van der Waals surface area contributed by atoms with Crippen molar-refractivity contribution < 1.29 is 18.7 Å². The monoisotopic (exact) mass is 359 g/mol. The number of carboxylic acid groups (broad SMARTS) is 1. The maximum absolute atomic E-state index is 14.1. The molecule has 112 valence electrons. The summed E-state index contributed by atoms with van der Waals surface area (Å²) < 4.78 is 28.7. The number of carboxylic acids is 1. The Kier molecular flexibility index (Phi) is 3.83. The van der Waals surface area contributed by atoms with Gasteiger partial charge in [0.05, 0.1) is 4.47 Å². The van der Waals surface area contributed by atoms with E-state index in [9.17, 15) is 13.6 Å². The van der Waals surface area contributed by atoms with Crippen molar-refractivity contribution in [2.24, 2.45) is 0 Å². The smallest absolute Gasteiger partial charge is 0.375 e. The van der Waals surface area contributed by atoms with Crippen LogP contribution in [0.1, 0.15) is 37.2 Å². The number of carbonyl (C=O) groups is 1. The fourth-order valence-electron chi connectivity index (χ4n) is 1.73. The minimum absolute atomic E-state index is 0.0281. The number of halogens is 3. The molecule has 1 aromatic heterocycles. The molecule has 1 aromatic carbocycles. The lowest BCUT2D eigenvalue weighted by Gasteiger charge is -2.18. The Morgan fingerprint density at radius 3 is 2.43 bits per heavy atom. The van der Waals surface area contributed by atoms with Crippen LogP contribution in [0, 0.1) is 11.6 Å². The summed E-state index contributed by atoms with van der Waals surface area (Å²) in [6.45, 7) is 5.31. The third kappa shape index (κ3) is 2.94. The van der Waals surface area contributed by atoms with Gasteiger partial charge >= 0.3 is 5.97 Å². The predicted octanol–water partition coefficient (Wildman–Crippen LogP) is 3.30. The lowest BCUT2D eigenvalue weighted by Crippen LogP contribution is -2.19. The molecule has 0 unspecified atom stereocenters. The molecule has 0 saturated carbocycles. The van der Waals surface area contributed by atoms with Crippen LogP contribution in [0.15, 0.2) is 16.6 Å². The molecule has 0 saturated heterocycles. The summed E-state index contributed by atoms with van der Waals surface area (Å²) in [5.41, 5.74) is -0.794. The number of benzene rings is 1. The molecule has 0 amide bonds. The molecule has 0 spiro atoms. The molecular weight excluding hydrogens is 348 g/mol. The Morgan fingerprint density at radius 2 is 1.90 bits per heavy atom. The largest absolute Gasteiger partial charge is 0.475 e. The highest BCUT2D eigenvalue weighted by molar-refractivity contribution is 9.10. The van der Waals surface area contributed by atoms with Gasteiger partial charge in [0.25, 0.3) is 5.82 Å². The van der Waals surface area contributed by atoms with Gasteiger partial charge in [-0.2, -0.15) is 0 Å². The van der Waals surface area contributed by atoms with E-state index < -0.39 is 28.8 Å². The van der Waals surface area contributed by atoms with Gasteiger partial charge in [0.1, 0.15) is 23.1 Å². The molecule has 21 heavy (non-hydrogen) atoms. The molecule has 8 heteroatoms. The van der Waals surface area contributed by atoms with Crippen LogP contribution in [0.5, 0.6) is 0 Å². The van der Waals surface area contributed by atoms with Crippen molar-refractivity contribution in [2.45, 2.75) is 26.2 Å². The number of hydrogen-bond donors (Lipinski definition) is 1. The highest BCUT2D eigenvalue weighted by Crippen LogP contribution is 2.27. The molecule has 0 radical (unpaired) electrons. The van der Waals surface area contributed by atoms with Crippen LogP contribution in [0.25, 0.3) is 5.69 Å². The van der Waals surface area contributed by atoms with Crippen LogP contribution >= 0.6 is 15.9 Å². The van der Waals surface area contributed by atoms with Gasteiger partial charge in [-0.25, -0.2) is 23.2 Å². The van der Waals surface area contributed by atoms with E-state index in [0.717, 1.165) is 16.8 Å². The first kappa shape index (κ1) is 15.6. The standard InChI is InChI=1S/C13H12BrF2N3O2/c1-13(2,3)12-17-10(11(20)21)18-19(12)9-5-7(15)6(14)4-8(9)16/h4-5H,1-3H3,(H,20,21). The Bertz CT molecular complexity index is 723. The normalized spacial score (nSPS) is 11.7. The van der Waals surface area contributed by atoms with E-state index in [2.05, 4.69) is 26.0 Å². The van der Waals surface area contributed by atoms with E-state index >= 15 is 0 Å². The van der Waals surface area contributed by atoms with E-state index in [1.807, 2.05) is 0 Å². The second kappa shape index (κ2) is 5.18. The summed E-state index contributed by atoms with van der Waals surface area (Å²) in [6, 6.07) is 1.90. The van der Waals surface area contributed by atoms with Crippen molar-refractivity contribution in [3.63, 3.8) is 0 Å². The number of aromatic carboxylic acids is 1. The van der Waals surface area contributed by atoms with Crippen molar-refractivity contribution in [1.82, 2.24) is 14.8 Å². The predicted molar refractivity (Wildman–Crippen MR) is 74.6 cm³/mol. The van der Waals surface area contributed by atoms with Crippen molar-refractivity contribution >= 4 is 21.9 Å². The van der Waals surface area contributed by atoms with E-state index in [1.54, 1.807) is 20.8 Å². The second-order valence-corrected chi connectivity index (χ2v) is 6.30. The highest BCUT2D eigenvalue weighted by Gasteiger charge is 2.27. The van der Waals surface area contributed by atoms with Gasteiger partial charge < -0.3 is 5.11 Å². The Morgan fingerprint density at radius 1 is 1.29 bits per heavy atom. The van der Waals surface area contributed by atoms with E-state index in [-0.39, 0.29) is 16.0 Å². The Balaban J connectivity index is 2.74. The summed E-state index contributed by atoms with van der Waals surface area (Å²) in [5, 5.41) is 12.8. The maximum Gasteiger partial charge on any atom is 0.375 e. The first-order chi connectivity index (χ1) is 9.61. The molecule has 1 heterocycles. The zero-order valence-corrected chi connectivity index (χ0v) is 13.1. The lowest BCUT2D eigenvalue weighted by atomic mass is 9.95. The average molecular weight is 360 g/mol. The van der Waals surface area contributed by atoms with Gasteiger partial charge in [-0.05, 0) is 22.0 Å². The molecule has 1 N–H and O–H groups in total. The third-order valence-corrected chi connectivity index (χ3v) is 3.29. The summed E-state index contributed by atoms with van der Waals surface area (Å²) in [5.74, 6) is -3.00. The minimum atomic E-state index is -1.34. The highest BCUT2D eigenvalue weighted by atomic mass is 79.9. The molecule has 2 rings (SSSR count). The van der Waals surface area contributed by atoms with Crippen LogP contribution in [0.3, 0.4) is 0 Å². The Labute approximate surface area is 127 Å². The summed E-state index contributed by atoms with van der Waals surface area (Å²) in [4.78, 5) is 14.9. The third-order valence-electron chi connectivity index (χ3n) is 2.69. The summed E-state index contributed by atoms with van der Waals surface area (Å²) in [7, 11) is 0. The number of nitrogens with zero attached hydrogens (tertiary/aromatic N) is 3. The zero-order chi connectivity index (χ0) is 15.9. The van der Waals surface area contributed by atoms with Gasteiger partial charge in [-0.1, -0.05) is 20.8 Å². The van der Waals surface area contributed by atoms with E-state index in [1.165, 1.54) is 0 Å². The SMILES string of the molecule is CC(C)(C)c1nc(C(=O)O)nn1-c1cc(F)c(Br)cc1F. The fraction of sp³-hybridized carbons (Fsp3) is 0.308. The summed E-state index contributed by atoms with van der Waals surface area (Å²) in [6.07, 6.45) is 0. The van der Waals surface area contributed by atoms with Crippen LogP contribution in [0.2, 0.25) is 0 Å². The van der Waals surface area contributed by atoms with Crippen LogP contribution in [-0.2, 0) is 5.41 Å². The first-order valence-electron chi connectivity index (χ1n) is 5.97. The van der Waals surface area contributed by atoms with Gasteiger partial charge in [0, 0.05) is 11.5 Å². The van der Waals surface area contributed by atoms with Crippen molar-refractivity contribution in [3.8, 4) is 5.69 Å². The molecule has 0 fully saturated rings. The molecule has 2 aromatic rings. The van der Waals surface area contributed by atoms with Crippen LogP contribution < -0.4 is 0 Å². The average Bonchev–Trinajstić information content (AvgIpc) is 2.78. The molecule has 0 aliphatic carbocycles. The fourth-order valence-corrected chi connectivity index (χ4v) is 2.05. The Hall–Kier alpha value is -1.83. The van der Waals surface area contributed by atoms with Gasteiger partial charge in [-0.15, -0.1) is 5.10 Å². The summed E-state index contributed by atoms with van der Waals surface area (Å²) >= 11 is 2.88. The van der Waals surface area contributed by atoms with Crippen molar-refractivity contribution in [3.05, 3.63) is 39.9 Å². The number of hydrogen-bond acceptors (Lipinski definition) is 3. The quantitative estimate of drug-likeness (QED) is 0.835. The van der Waals surface area contributed by atoms with Crippen LogP contribution in [0.4, 0.5) is 8.78 Å². The molecule has 0 aliphatic rings. The molecule has 0 aliphatic heterocycles. The topological polar surface area (TPSA) is 68.0 Å². The second-order valence-electron chi connectivity index (χ2n) is 5.44. The molecular formula is C13H12BrF2N3O2. The number of aromatic nitrogens is 3. The van der Waals surface area contributed by atoms with Crippen LogP contribution in [-0.4, -0.2) is 25.8 Å². The maximum atomic E-state index is 14.1.